The summed E-state index contributed by atoms with van der Waals surface area (Å²) in [6.07, 6.45) is 3.44. The molecule has 0 spiro atoms. The van der Waals surface area contributed by atoms with Gasteiger partial charge in [0.05, 0.1) is 5.56 Å². The fraction of sp³-hybridized carbons (Fsp3) is 0.318. The van der Waals surface area contributed by atoms with E-state index in [1.165, 1.54) is 0 Å². The lowest BCUT2D eigenvalue weighted by atomic mass is 9.96. The monoisotopic (exact) mass is 440 g/mol. The van der Waals surface area contributed by atoms with Gasteiger partial charge in [0, 0.05) is 47.0 Å². The lowest BCUT2D eigenvalue weighted by molar-refractivity contribution is 0.0706. The van der Waals surface area contributed by atoms with Gasteiger partial charge in [0.1, 0.15) is 5.52 Å². The number of aryl methyl sites for hydroxylation is 1. The van der Waals surface area contributed by atoms with E-state index in [-0.39, 0.29) is 11.8 Å². The number of oxazole rings is 1. The first-order chi connectivity index (χ1) is 14.5. The van der Waals surface area contributed by atoms with Crippen LogP contribution in [0.25, 0.3) is 16.2 Å². The van der Waals surface area contributed by atoms with Crippen LogP contribution in [0, 0.1) is 13.8 Å². The van der Waals surface area contributed by atoms with Crippen LogP contribution in [0.5, 0.6) is 0 Å². The van der Waals surface area contributed by atoms with Crippen molar-refractivity contribution in [1.82, 2.24) is 19.4 Å². The molecule has 0 aliphatic carbocycles. The van der Waals surface area contributed by atoms with Crippen molar-refractivity contribution in [3.8, 4) is 5.13 Å². The van der Waals surface area contributed by atoms with Crippen molar-refractivity contribution in [2.45, 2.75) is 32.6 Å². The Morgan fingerprint density at radius 1 is 1.23 bits per heavy atom. The minimum Gasteiger partial charge on any atom is -0.440 e. The van der Waals surface area contributed by atoms with Crippen LogP contribution in [-0.2, 0) is 0 Å². The van der Waals surface area contributed by atoms with Gasteiger partial charge in [0.2, 0.25) is 0 Å². The molecule has 1 saturated heterocycles. The molecule has 5 rings (SSSR count). The van der Waals surface area contributed by atoms with Gasteiger partial charge in [-0.05, 0) is 51.0 Å². The van der Waals surface area contributed by atoms with Crippen molar-refractivity contribution < 1.29 is 9.21 Å². The van der Waals surface area contributed by atoms with Crippen LogP contribution in [0.15, 0.2) is 40.3 Å². The predicted molar refractivity (Wildman–Crippen MR) is 118 cm³/mol. The third-order valence-corrected chi connectivity index (χ3v) is 6.76. The Kier molecular flexibility index (Phi) is 4.87. The summed E-state index contributed by atoms with van der Waals surface area (Å²) in [5.41, 5.74) is 4.24. The van der Waals surface area contributed by atoms with Crippen LogP contribution >= 0.6 is 22.9 Å². The Bertz CT molecular complexity index is 1220. The molecule has 154 valence electrons. The van der Waals surface area contributed by atoms with Crippen LogP contribution in [0.2, 0.25) is 5.02 Å². The molecule has 0 radical (unpaired) electrons. The average Bonchev–Trinajstić information content (AvgIpc) is 3.46. The third-order valence-electron chi connectivity index (χ3n) is 5.77. The minimum absolute atomic E-state index is 0.0775. The van der Waals surface area contributed by atoms with E-state index in [0.29, 0.717) is 18.1 Å². The van der Waals surface area contributed by atoms with Crippen molar-refractivity contribution in [3.63, 3.8) is 0 Å². The molecular formula is C22H21ClN4O2S. The molecule has 1 aromatic carbocycles. The zero-order valence-corrected chi connectivity index (χ0v) is 18.3. The first kappa shape index (κ1) is 19.3. The molecule has 1 fully saturated rings. The van der Waals surface area contributed by atoms with E-state index < -0.39 is 0 Å². The second-order valence-corrected chi connectivity index (χ2v) is 8.97. The van der Waals surface area contributed by atoms with Gasteiger partial charge in [-0.3, -0.25) is 9.36 Å². The molecule has 30 heavy (non-hydrogen) atoms. The smallest absolute Gasteiger partial charge is 0.255 e. The summed E-state index contributed by atoms with van der Waals surface area (Å²) in [4.78, 5) is 24.2. The molecule has 6 nitrogen and oxygen atoms in total. The number of carbonyl (C=O) groups is 1. The first-order valence-electron chi connectivity index (χ1n) is 9.95. The molecule has 0 N–H and O–H groups in total. The van der Waals surface area contributed by atoms with E-state index in [2.05, 4.69) is 9.97 Å². The lowest BCUT2D eigenvalue weighted by Crippen LogP contribution is -2.38. The van der Waals surface area contributed by atoms with E-state index in [1.54, 1.807) is 17.5 Å². The van der Waals surface area contributed by atoms with Crippen molar-refractivity contribution in [2.75, 3.05) is 13.1 Å². The molecule has 0 saturated carbocycles. The maximum atomic E-state index is 13.2. The average molecular weight is 441 g/mol. The number of carbonyl (C=O) groups excluding carboxylic acids is 1. The number of fused-ring (bicyclic) bond motifs is 1. The van der Waals surface area contributed by atoms with Crippen LogP contribution in [0.4, 0.5) is 0 Å². The summed E-state index contributed by atoms with van der Waals surface area (Å²) >= 11 is 7.62. The number of hydrogen-bond acceptors (Lipinski definition) is 5. The number of hydrogen-bond donors (Lipinski definition) is 0. The van der Waals surface area contributed by atoms with E-state index in [1.807, 2.05) is 53.0 Å². The standard InChI is InChI=1S/C22H21ClN4O2S/c1-13-11-17(14(2)27(13)22-24-7-10-30-22)21(28)26-8-5-15(6-9-26)20-25-18-12-16(23)3-4-19(18)29-20/h3-4,7,10-12,15H,5-6,8-9H2,1-2H3. The number of thiazole rings is 1. The highest BCUT2D eigenvalue weighted by Gasteiger charge is 2.29. The van der Waals surface area contributed by atoms with Gasteiger partial charge in [0.15, 0.2) is 16.6 Å². The minimum atomic E-state index is 0.0775. The van der Waals surface area contributed by atoms with Crippen LogP contribution < -0.4 is 0 Å². The molecule has 1 aliphatic heterocycles. The summed E-state index contributed by atoms with van der Waals surface area (Å²) in [7, 11) is 0. The van der Waals surface area contributed by atoms with E-state index in [4.69, 9.17) is 16.0 Å². The number of benzene rings is 1. The van der Waals surface area contributed by atoms with Crippen molar-refractivity contribution in [1.29, 1.82) is 0 Å². The van der Waals surface area contributed by atoms with Gasteiger partial charge >= 0.3 is 0 Å². The summed E-state index contributed by atoms with van der Waals surface area (Å²) in [5, 5.41) is 3.48. The quantitative estimate of drug-likeness (QED) is 0.430. The maximum absolute atomic E-state index is 13.2. The molecule has 1 amide bonds. The Morgan fingerprint density at radius 2 is 2.03 bits per heavy atom. The van der Waals surface area contributed by atoms with E-state index in [9.17, 15) is 4.79 Å². The number of piperidine rings is 1. The molecule has 1 aliphatic rings. The second-order valence-electron chi connectivity index (χ2n) is 7.67. The van der Waals surface area contributed by atoms with Gasteiger partial charge < -0.3 is 9.32 Å². The molecule has 8 heteroatoms. The normalized spacial score (nSPS) is 15.2. The third kappa shape index (κ3) is 3.32. The predicted octanol–water partition coefficient (Wildman–Crippen LogP) is 5.37. The van der Waals surface area contributed by atoms with Gasteiger partial charge in [-0.1, -0.05) is 11.6 Å². The Labute approximate surface area is 183 Å². The zero-order valence-electron chi connectivity index (χ0n) is 16.8. The highest BCUT2D eigenvalue weighted by atomic mass is 35.5. The topological polar surface area (TPSA) is 64.2 Å². The Hall–Kier alpha value is -2.64. The van der Waals surface area contributed by atoms with E-state index in [0.717, 1.165) is 51.9 Å². The molecular weight excluding hydrogens is 420 g/mol. The number of aromatic nitrogens is 3. The maximum Gasteiger partial charge on any atom is 0.255 e. The lowest BCUT2D eigenvalue weighted by Gasteiger charge is -2.30. The zero-order chi connectivity index (χ0) is 20.8. The highest BCUT2D eigenvalue weighted by Crippen LogP contribution is 2.32. The molecule has 4 heterocycles. The van der Waals surface area contributed by atoms with Crippen molar-refractivity contribution >= 4 is 39.9 Å². The van der Waals surface area contributed by atoms with Gasteiger partial charge in [-0.2, -0.15) is 0 Å². The van der Waals surface area contributed by atoms with Crippen molar-refractivity contribution in [3.05, 3.63) is 63.7 Å². The number of halogens is 1. The fourth-order valence-corrected chi connectivity index (χ4v) is 5.11. The van der Waals surface area contributed by atoms with Gasteiger partial charge in [0.25, 0.3) is 5.91 Å². The Balaban J connectivity index is 1.32. The van der Waals surface area contributed by atoms with Crippen LogP contribution in [-0.4, -0.2) is 38.4 Å². The Morgan fingerprint density at radius 3 is 2.77 bits per heavy atom. The molecule has 0 atom stereocenters. The fourth-order valence-electron chi connectivity index (χ4n) is 4.19. The van der Waals surface area contributed by atoms with Gasteiger partial charge in [-0.15, -0.1) is 11.3 Å². The summed E-state index contributed by atoms with van der Waals surface area (Å²) in [5.74, 6) is 1.03. The number of amides is 1. The molecule has 0 unspecified atom stereocenters. The first-order valence-corrected chi connectivity index (χ1v) is 11.2. The largest absolute Gasteiger partial charge is 0.440 e. The number of nitrogens with zero attached hydrogens (tertiary/aromatic N) is 4. The van der Waals surface area contributed by atoms with Crippen LogP contribution in [0.3, 0.4) is 0 Å². The summed E-state index contributed by atoms with van der Waals surface area (Å²) in [6, 6.07) is 7.45. The SMILES string of the molecule is Cc1cc(C(=O)N2CCC(c3nc4cc(Cl)ccc4o3)CC2)c(C)n1-c1nccs1. The van der Waals surface area contributed by atoms with E-state index >= 15 is 0 Å². The van der Waals surface area contributed by atoms with Crippen molar-refractivity contribution in [2.24, 2.45) is 0 Å². The second kappa shape index (κ2) is 7.56. The summed E-state index contributed by atoms with van der Waals surface area (Å²) < 4.78 is 7.99. The highest BCUT2D eigenvalue weighted by molar-refractivity contribution is 7.12. The molecule has 3 aromatic heterocycles. The summed E-state index contributed by atoms with van der Waals surface area (Å²) in [6.45, 7) is 5.36. The number of rotatable bonds is 3. The molecule has 4 aromatic rings. The number of likely N-dealkylation sites (tertiary alicyclic amines) is 1. The molecule has 0 bridgehead atoms. The van der Waals surface area contributed by atoms with Crippen LogP contribution in [0.1, 0.15) is 46.4 Å². The van der Waals surface area contributed by atoms with Gasteiger partial charge in [-0.25, -0.2) is 9.97 Å².